The van der Waals surface area contributed by atoms with Crippen LogP contribution in [0.2, 0.25) is 0 Å². The lowest BCUT2D eigenvalue weighted by atomic mass is 10.1. The van der Waals surface area contributed by atoms with Gasteiger partial charge in [0.1, 0.15) is 11.5 Å². The molecule has 0 amide bonds. The van der Waals surface area contributed by atoms with Gasteiger partial charge in [-0.05, 0) is 48.2 Å². The first kappa shape index (κ1) is 12.7. The van der Waals surface area contributed by atoms with E-state index in [2.05, 4.69) is 19.1 Å². The van der Waals surface area contributed by atoms with Gasteiger partial charge in [-0.1, -0.05) is 31.2 Å². The molecule has 94 valence electrons. The predicted octanol–water partition coefficient (Wildman–Crippen LogP) is 3.81. The van der Waals surface area contributed by atoms with Gasteiger partial charge in [-0.25, -0.2) is 0 Å². The fourth-order valence-corrected chi connectivity index (χ4v) is 1.80. The fourth-order valence-electron chi connectivity index (χ4n) is 1.80. The van der Waals surface area contributed by atoms with Crippen LogP contribution in [0.4, 0.5) is 0 Å². The van der Waals surface area contributed by atoms with Crippen molar-refractivity contribution in [1.29, 1.82) is 0 Å². The fraction of sp³-hybridized carbons (Fsp3) is 0.250. The molecule has 2 N–H and O–H groups in total. The first-order chi connectivity index (χ1) is 8.72. The van der Waals surface area contributed by atoms with E-state index < -0.39 is 0 Å². The van der Waals surface area contributed by atoms with Crippen molar-refractivity contribution in [3.63, 3.8) is 0 Å². The van der Waals surface area contributed by atoms with E-state index in [1.54, 1.807) is 0 Å². The van der Waals surface area contributed by atoms with Gasteiger partial charge in [0.05, 0.1) is 0 Å². The van der Waals surface area contributed by atoms with E-state index in [9.17, 15) is 0 Å². The van der Waals surface area contributed by atoms with Crippen LogP contribution in [0, 0.1) is 6.92 Å². The number of hydrogen-bond donors (Lipinski definition) is 1. The van der Waals surface area contributed by atoms with Crippen molar-refractivity contribution >= 4 is 0 Å². The third-order valence-electron chi connectivity index (χ3n) is 3.05. The molecule has 0 spiro atoms. The molecule has 0 unspecified atom stereocenters. The molecule has 0 aliphatic carbocycles. The molecule has 2 aromatic carbocycles. The summed E-state index contributed by atoms with van der Waals surface area (Å²) >= 11 is 0. The molecule has 0 atom stereocenters. The molecule has 18 heavy (non-hydrogen) atoms. The topological polar surface area (TPSA) is 35.2 Å². The number of nitrogens with two attached hydrogens (primary N) is 1. The lowest BCUT2D eigenvalue weighted by Crippen LogP contribution is -1.97. The van der Waals surface area contributed by atoms with Crippen molar-refractivity contribution < 1.29 is 4.74 Å². The quantitative estimate of drug-likeness (QED) is 0.883. The summed E-state index contributed by atoms with van der Waals surface area (Å²) in [7, 11) is 0. The molecule has 0 radical (unpaired) electrons. The van der Waals surface area contributed by atoms with Crippen molar-refractivity contribution in [3.05, 3.63) is 59.2 Å². The summed E-state index contributed by atoms with van der Waals surface area (Å²) in [6.45, 7) is 4.71. The Hall–Kier alpha value is -1.80. The van der Waals surface area contributed by atoms with Gasteiger partial charge in [0, 0.05) is 6.54 Å². The van der Waals surface area contributed by atoms with Crippen molar-refractivity contribution in [2.45, 2.75) is 26.8 Å². The average Bonchev–Trinajstić information content (AvgIpc) is 2.42. The van der Waals surface area contributed by atoms with Crippen molar-refractivity contribution in [3.8, 4) is 11.5 Å². The molecule has 2 aromatic rings. The Labute approximate surface area is 108 Å². The van der Waals surface area contributed by atoms with Gasteiger partial charge < -0.3 is 10.5 Å². The third-order valence-corrected chi connectivity index (χ3v) is 3.05. The summed E-state index contributed by atoms with van der Waals surface area (Å²) in [5.74, 6) is 1.74. The summed E-state index contributed by atoms with van der Waals surface area (Å²) in [4.78, 5) is 0. The molecule has 0 bridgehead atoms. The van der Waals surface area contributed by atoms with Crippen LogP contribution < -0.4 is 10.5 Å². The minimum atomic E-state index is 0.533. The molecule has 0 aromatic heterocycles. The first-order valence-electron chi connectivity index (χ1n) is 6.29. The summed E-state index contributed by atoms with van der Waals surface area (Å²) < 4.78 is 5.90. The maximum absolute atomic E-state index is 5.90. The molecule has 0 saturated carbocycles. The molecule has 2 nitrogen and oxygen atoms in total. The maximum Gasteiger partial charge on any atom is 0.130 e. The van der Waals surface area contributed by atoms with E-state index in [1.807, 2.05) is 37.3 Å². The third kappa shape index (κ3) is 2.90. The molecule has 0 aliphatic heterocycles. The minimum absolute atomic E-state index is 0.533. The second-order valence-corrected chi connectivity index (χ2v) is 4.40. The zero-order valence-corrected chi connectivity index (χ0v) is 10.9. The highest BCUT2D eigenvalue weighted by atomic mass is 16.5. The number of ether oxygens (including phenoxy) is 1. The van der Waals surface area contributed by atoms with E-state index in [0.717, 1.165) is 29.0 Å². The van der Waals surface area contributed by atoms with Crippen LogP contribution in [0.5, 0.6) is 11.5 Å². The van der Waals surface area contributed by atoms with Crippen molar-refractivity contribution in [1.82, 2.24) is 0 Å². The minimum Gasteiger partial charge on any atom is -0.457 e. The Bertz CT molecular complexity index is 517. The zero-order chi connectivity index (χ0) is 13.0. The zero-order valence-electron chi connectivity index (χ0n) is 10.9. The van der Waals surface area contributed by atoms with Gasteiger partial charge in [-0.2, -0.15) is 0 Å². The normalized spacial score (nSPS) is 10.4. The molecule has 2 rings (SSSR count). The van der Waals surface area contributed by atoms with E-state index in [4.69, 9.17) is 10.5 Å². The van der Waals surface area contributed by atoms with Crippen LogP contribution in [-0.2, 0) is 13.0 Å². The van der Waals surface area contributed by atoms with Gasteiger partial charge >= 0.3 is 0 Å². The molecular weight excluding hydrogens is 222 g/mol. The van der Waals surface area contributed by atoms with Crippen LogP contribution >= 0.6 is 0 Å². The van der Waals surface area contributed by atoms with Crippen molar-refractivity contribution in [2.75, 3.05) is 0 Å². The number of rotatable bonds is 4. The Morgan fingerprint density at radius 2 is 1.67 bits per heavy atom. The van der Waals surface area contributed by atoms with E-state index in [1.165, 1.54) is 5.56 Å². The van der Waals surface area contributed by atoms with Crippen LogP contribution in [0.3, 0.4) is 0 Å². The molecule has 0 aliphatic rings. The first-order valence-corrected chi connectivity index (χ1v) is 6.29. The Balaban J connectivity index is 2.21. The van der Waals surface area contributed by atoms with Crippen LogP contribution in [0.25, 0.3) is 0 Å². The Kier molecular flexibility index (Phi) is 4.00. The molecule has 2 heteroatoms. The van der Waals surface area contributed by atoms with Gasteiger partial charge in [0.25, 0.3) is 0 Å². The summed E-state index contributed by atoms with van der Waals surface area (Å²) in [6.07, 6.45) is 1.04. The van der Waals surface area contributed by atoms with Gasteiger partial charge in [0.15, 0.2) is 0 Å². The monoisotopic (exact) mass is 241 g/mol. The van der Waals surface area contributed by atoms with Crippen LogP contribution in [0.15, 0.2) is 42.5 Å². The van der Waals surface area contributed by atoms with Gasteiger partial charge in [-0.3, -0.25) is 0 Å². The lowest BCUT2D eigenvalue weighted by molar-refractivity contribution is 0.478. The second kappa shape index (κ2) is 5.69. The largest absolute Gasteiger partial charge is 0.457 e. The smallest absolute Gasteiger partial charge is 0.130 e. The highest BCUT2D eigenvalue weighted by molar-refractivity contribution is 5.40. The van der Waals surface area contributed by atoms with Crippen LogP contribution in [-0.4, -0.2) is 0 Å². The number of benzene rings is 2. The molecular formula is C16H19NO. The predicted molar refractivity (Wildman–Crippen MR) is 75.0 cm³/mol. The highest BCUT2D eigenvalue weighted by Crippen LogP contribution is 2.26. The van der Waals surface area contributed by atoms with Gasteiger partial charge in [-0.15, -0.1) is 0 Å². The van der Waals surface area contributed by atoms with E-state index in [-0.39, 0.29) is 0 Å². The summed E-state index contributed by atoms with van der Waals surface area (Å²) in [5, 5.41) is 0. The standard InChI is InChI=1S/C16H19NO/c1-3-13-6-8-15(9-7-13)18-16-10-14(11-17)5-4-12(16)2/h4-10H,3,11,17H2,1-2H3. The lowest BCUT2D eigenvalue weighted by Gasteiger charge is -2.10. The average molecular weight is 241 g/mol. The number of hydrogen-bond acceptors (Lipinski definition) is 2. The van der Waals surface area contributed by atoms with Gasteiger partial charge in [0.2, 0.25) is 0 Å². The van der Waals surface area contributed by atoms with E-state index in [0.29, 0.717) is 6.54 Å². The number of aryl methyl sites for hydroxylation is 2. The Morgan fingerprint density at radius 3 is 2.28 bits per heavy atom. The summed E-state index contributed by atoms with van der Waals surface area (Å²) in [6, 6.07) is 14.3. The molecule has 0 fully saturated rings. The van der Waals surface area contributed by atoms with Crippen LogP contribution in [0.1, 0.15) is 23.6 Å². The maximum atomic E-state index is 5.90. The van der Waals surface area contributed by atoms with Crippen molar-refractivity contribution in [2.24, 2.45) is 5.73 Å². The molecule has 0 heterocycles. The molecule has 0 saturated heterocycles. The summed E-state index contributed by atoms with van der Waals surface area (Å²) in [5.41, 5.74) is 9.16. The Morgan fingerprint density at radius 1 is 1.00 bits per heavy atom. The highest BCUT2D eigenvalue weighted by Gasteiger charge is 2.03. The van der Waals surface area contributed by atoms with E-state index >= 15 is 0 Å². The second-order valence-electron chi connectivity index (χ2n) is 4.40. The SMILES string of the molecule is CCc1ccc(Oc2cc(CN)ccc2C)cc1.